The molecular weight excluding hydrogens is 287 g/mol. The van der Waals surface area contributed by atoms with Crippen LogP contribution in [0.15, 0.2) is 0 Å². The average molecular weight is 321 g/mol. The van der Waals surface area contributed by atoms with Gasteiger partial charge in [-0.2, -0.15) is 11.8 Å². The number of alkyl halides is 1. The maximum atomic E-state index is 13.6. The number of carboxylic acid groups (broad SMARTS) is 1. The molecule has 0 fully saturated rings. The van der Waals surface area contributed by atoms with Crippen molar-refractivity contribution in [2.45, 2.75) is 90.1 Å². The van der Waals surface area contributed by atoms with Crippen molar-refractivity contribution in [3.05, 3.63) is 0 Å². The first-order chi connectivity index (χ1) is 10.2. The molecule has 0 aliphatic rings. The molecule has 0 amide bonds. The maximum Gasteiger partial charge on any atom is 0.304 e. The van der Waals surface area contributed by atoms with Gasteiger partial charge in [-0.15, -0.1) is 0 Å². The van der Waals surface area contributed by atoms with Crippen molar-refractivity contribution in [3.63, 3.8) is 0 Å². The summed E-state index contributed by atoms with van der Waals surface area (Å²) in [6.45, 7) is 2.23. The number of rotatable bonds is 16. The zero-order valence-corrected chi connectivity index (χ0v) is 14.4. The number of carbonyl (C=O) groups is 1. The summed E-state index contributed by atoms with van der Waals surface area (Å²) in [5.41, 5.74) is 0. The maximum absolute atomic E-state index is 13.6. The summed E-state index contributed by atoms with van der Waals surface area (Å²) >= 11 is 1.55. The summed E-state index contributed by atoms with van der Waals surface area (Å²) < 4.78 is 13.6. The van der Waals surface area contributed by atoms with Gasteiger partial charge in [-0.3, -0.25) is 4.79 Å². The second kappa shape index (κ2) is 16.1. The van der Waals surface area contributed by atoms with Gasteiger partial charge in [0.05, 0.1) is 6.42 Å². The second-order valence-corrected chi connectivity index (χ2v) is 6.98. The van der Waals surface area contributed by atoms with Crippen LogP contribution in [0, 0.1) is 0 Å². The van der Waals surface area contributed by atoms with Gasteiger partial charge in [0.25, 0.3) is 0 Å². The SMILES string of the molecule is CCCCCCCCCCCC(F)CCSCCC(=O)O. The fourth-order valence-corrected chi connectivity index (χ4v) is 3.24. The summed E-state index contributed by atoms with van der Waals surface area (Å²) in [6.07, 6.45) is 12.1. The Morgan fingerprint density at radius 3 is 2.10 bits per heavy atom. The monoisotopic (exact) mass is 320 g/mol. The average Bonchev–Trinajstić information content (AvgIpc) is 2.45. The molecule has 0 aromatic heterocycles. The highest BCUT2D eigenvalue weighted by Gasteiger charge is 2.06. The lowest BCUT2D eigenvalue weighted by Gasteiger charge is -2.07. The predicted octanol–water partition coefficient (Wildman–Crippen LogP) is 5.84. The standard InChI is InChI=1S/C17H33FO2S/c1-2-3-4-5-6-7-8-9-10-11-16(18)12-14-21-15-13-17(19)20/h16H,2-15H2,1H3,(H,19,20). The second-order valence-electron chi connectivity index (χ2n) is 5.76. The van der Waals surface area contributed by atoms with E-state index in [2.05, 4.69) is 6.92 Å². The molecule has 1 N–H and O–H groups in total. The lowest BCUT2D eigenvalue weighted by atomic mass is 10.0. The predicted molar refractivity (Wildman–Crippen MR) is 90.9 cm³/mol. The van der Waals surface area contributed by atoms with Crippen molar-refractivity contribution in [2.24, 2.45) is 0 Å². The van der Waals surface area contributed by atoms with Crippen LogP contribution in [0.1, 0.15) is 84.0 Å². The van der Waals surface area contributed by atoms with Crippen LogP contribution in [0.3, 0.4) is 0 Å². The fourth-order valence-electron chi connectivity index (χ4n) is 2.29. The molecule has 0 aliphatic carbocycles. The van der Waals surface area contributed by atoms with Gasteiger partial charge in [0, 0.05) is 5.75 Å². The lowest BCUT2D eigenvalue weighted by molar-refractivity contribution is -0.136. The molecule has 1 unspecified atom stereocenters. The Labute approximate surface area is 134 Å². The molecule has 0 saturated carbocycles. The molecule has 0 heterocycles. The van der Waals surface area contributed by atoms with E-state index in [0.29, 0.717) is 18.6 Å². The Balaban J connectivity index is 3.15. The molecule has 0 saturated heterocycles. The highest BCUT2D eigenvalue weighted by Crippen LogP contribution is 2.16. The van der Waals surface area contributed by atoms with E-state index in [1.54, 1.807) is 11.8 Å². The van der Waals surface area contributed by atoms with Gasteiger partial charge in [-0.1, -0.05) is 64.7 Å². The Kier molecular flexibility index (Phi) is 15.9. The molecular formula is C17H33FO2S. The van der Waals surface area contributed by atoms with Crippen LogP contribution in [0.25, 0.3) is 0 Å². The van der Waals surface area contributed by atoms with E-state index in [1.165, 1.54) is 44.9 Å². The highest BCUT2D eigenvalue weighted by molar-refractivity contribution is 7.99. The minimum absolute atomic E-state index is 0.180. The minimum atomic E-state index is -0.769. The van der Waals surface area contributed by atoms with Crippen molar-refractivity contribution in [3.8, 4) is 0 Å². The van der Waals surface area contributed by atoms with Crippen molar-refractivity contribution >= 4 is 17.7 Å². The Morgan fingerprint density at radius 2 is 1.52 bits per heavy atom. The van der Waals surface area contributed by atoms with Crippen molar-refractivity contribution in [2.75, 3.05) is 11.5 Å². The molecule has 1 atom stereocenters. The van der Waals surface area contributed by atoms with E-state index in [9.17, 15) is 9.18 Å². The van der Waals surface area contributed by atoms with Crippen LogP contribution in [-0.4, -0.2) is 28.8 Å². The summed E-state index contributed by atoms with van der Waals surface area (Å²) in [6, 6.07) is 0. The molecule has 0 radical (unpaired) electrons. The summed E-state index contributed by atoms with van der Waals surface area (Å²) in [7, 11) is 0. The zero-order chi connectivity index (χ0) is 15.8. The highest BCUT2D eigenvalue weighted by atomic mass is 32.2. The molecule has 0 aromatic carbocycles. The van der Waals surface area contributed by atoms with Crippen molar-refractivity contribution < 1.29 is 14.3 Å². The molecule has 0 aromatic rings. The Hall–Kier alpha value is -0.250. The van der Waals surface area contributed by atoms with Gasteiger partial charge in [0.2, 0.25) is 0 Å². The van der Waals surface area contributed by atoms with Crippen LogP contribution in [-0.2, 0) is 4.79 Å². The lowest BCUT2D eigenvalue weighted by Crippen LogP contribution is -2.03. The van der Waals surface area contributed by atoms with Gasteiger partial charge in [-0.25, -0.2) is 4.39 Å². The number of unbranched alkanes of at least 4 members (excludes halogenated alkanes) is 8. The van der Waals surface area contributed by atoms with E-state index in [-0.39, 0.29) is 6.42 Å². The van der Waals surface area contributed by atoms with E-state index in [1.807, 2.05) is 0 Å². The van der Waals surface area contributed by atoms with Crippen LogP contribution in [0.5, 0.6) is 0 Å². The van der Waals surface area contributed by atoms with Crippen LogP contribution >= 0.6 is 11.8 Å². The molecule has 21 heavy (non-hydrogen) atoms. The molecule has 4 heteroatoms. The first-order valence-corrected chi connectivity index (χ1v) is 9.76. The minimum Gasteiger partial charge on any atom is -0.481 e. The molecule has 2 nitrogen and oxygen atoms in total. The first-order valence-electron chi connectivity index (χ1n) is 8.60. The third-order valence-corrected chi connectivity index (χ3v) is 4.67. The van der Waals surface area contributed by atoms with Crippen molar-refractivity contribution in [1.29, 1.82) is 0 Å². The van der Waals surface area contributed by atoms with Crippen molar-refractivity contribution in [1.82, 2.24) is 0 Å². The van der Waals surface area contributed by atoms with E-state index in [0.717, 1.165) is 18.6 Å². The summed E-state index contributed by atoms with van der Waals surface area (Å²) in [5, 5.41) is 8.48. The molecule has 0 spiro atoms. The van der Waals surface area contributed by atoms with E-state index in [4.69, 9.17) is 5.11 Å². The topological polar surface area (TPSA) is 37.3 Å². The van der Waals surface area contributed by atoms with Gasteiger partial charge in [0.1, 0.15) is 6.17 Å². The van der Waals surface area contributed by atoms with Crippen LogP contribution in [0.2, 0.25) is 0 Å². The number of carboxylic acids is 1. The normalized spacial score (nSPS) is 12.5. The van der Waals surface area contributed by atoms with E-state index < -0.39 is 12.1 Å². The Morgan fingerprint density at radius 1 is 0.952 bits per heavy atom. The Bertz CT molecular complexity index is 237. The summed E-state index contributed by atoms with van der Waals surface area (Å²) in [5.74, 6) is 0.570. The van der Waals surface area contributed by atoms with Gasteiger partial charge >= 0.3 is 5.97 Å². The molecule has 126 valence electrons. The number of aliphatic carboxylic acids is 1. The van der Waals surface area contributed by atoms with E-state index >= 15 is 0 Å². The zero-order valence-electron chi connectivity index (χ0n) is 13.6. The molecule has 0 bridgehead atoms. The number of hydrogen-bond donors (Lipinski definition) is 1. The third-order valence-electron chi connectivity index (χ3n) is 3.66. The number of thioether (sulfide) groups is 1. The molecule has 0 rings (SSSR count). The fraction of sp³-hybridized carbons (Fsp3) is 0.941. The molecule has 0 aliphatic heterocycles. The largest absolute Gasteiger partial charge is 0.481 e. The van der Waals surface area contributed by atoms with Crippen LogP contribution in [0.4, 0.5) is 4.39 Å². The number of halogens is 1. The number of hydrogen-bond acceptors (Lipinski definition) is 2. The smallest absolute Gasteiger partial charge is 0.304 e. The third kappa shape index (κ3) is 17.7. The van der Waals surface area contributed by atoms with Gasteiger partial charge in [-0.05, 0) is 18.6 Å². The summed E-state index contributed by atoms with van der Waals surface area (Å²) in [4.78, 5) is 10.3. The van der Waals surface area contributed by atoms with Gasteiger partial charge < -0.3 is 5.11 Å². The van der Waals surface area contributed by atoms with Crippen LogP contribution < -0.4 is 0 Å². The first kappa shape index (κ1) is 20.8. The van der Waals surface area contributed by atoms with Gasteiger partial charge in [0.15, 0.2) is 0 Å². The quantitative estimate of drug-likeness (QED) is 0.363.